The van der Waals surface area contributed by atoms with Crippen molar-refractivity contribution in [3.63, 3.8) is 0 Å². The van der Waals surface area contributed by atoms with E-state index in [1.807, 2.05) is 4.90 Å². The minimum absolute atomic E-state index is 0.0841. The number of hydrogen-bond acceptors (Lipinski definition) is 7. The average Bonchev–Trinajstić information content (AvgIpc) is 2.82. The van der Waals surface area contributed by atoms with Gasteiger partial charge in [0.1, 0.15) is 11.6 Å². The summed E-state index contributed by atoms with van der Waals surface area (Å²) < 4.78 is 1.41. The number of nitrogen functional groups attached to an aromatic ring is 2. The fourth-order valence-corrected chi connectivity index (χ4v) is 2.89. The van der Waals surface area contributed by atoms with Crippen LogP contribution in [-0.2, 0) is 7.05 Å². The van der Waals surface area contributed by atoms with Gasteiger partial charge in [0, 0.05) is 51.6 Å². The van der Waals surface area contributed by atoms with Gasteiger partial charge in [0.2, 0.25) is 11.5 Å². The molecule has 2 aromatic rings. The van der Waals surface area contributed by atoms with Crippen molar-refractivity contribution in [1.82, 2.24) is 19.4 Å². The number of aryl methyl sites for hydroxylation is 1. The standard InChI is InChI=1S/C16H21N7O2/c1-21-10-11(3-4-14(21)24)15(25)23-6-2-5-22(7-8-23)13-9-12(17)19-16(18)20-13/h3-4,9-10H,2,5-8H2,1H3,(H4,17,18,19,20). The lowest BCUT2D eigenvalue weighted by Gasteiger charge is -2.23. The zero-order valence-electron chi connectivity index (χ0n) is 14.1. The maximum atomic E-state index is 12.7. The van der Waals surface area contributed by atoms with E-state index in [-0.39, 0.29) is 17.4 Å². The molecule has 0 unspecified atom stereocenters. The van der Waals surface area contributed by atoms with Gasteiger partial charge >= 0.3 is 0 Å². The molecule has 1 saturated heterocycles. The summed E-state index contributed by atoms with van der Waals surface area (Å²) in [5.41, 5.74) is 11.8. The van der Waals surface area contributed by atoms with Crippen molar-refractivity contribution in [3.05, 3.63) is 40.3 Å². The normalized spacial score (nSPS) is 15.1. The van der Waals surface area contributed by atoms with E-state index in [1.54, 1.807) is 30.3 Å². The summed E-state index contributed by atoms with van der Waals surface area (Å²) in [5, 5.41) is 0. The third-order valence-corrected chi connectivity index (χ3v) is 4.19. The molecular weight excluding hydrogens is 322 g/mol. The molecule has 2 aromatic heterocycles. The van der Waals surface area contributed by atoms with E-state index in [0.29, 0.717) is 36.8 Å². The van der Waals surface area contributed by atoms with Gasteiger partial charge in [-0.1, -0.05) is 0 Å². The van der Waals surface area contributed by atoms with Gasteiger partial charge in [-0.2, -0.15) is 9.97 Å². The Bertz CT molecular complexity index is 828. The van der Waals surface area contributed by atoms with Crippen LogP contribution in [0.15, 0.2) is 29.2 Å². The van der Waals surface area contributed by atoms with Crippen molar-refractivity contribution in [2.24, 2.45) is 7.05 Å². The van der Waals surface area contributed by atoms with Crippen LogP contribution < -0.4 is 21.9 Å². The maximum Gasteiger partial charge on any atom is 0.255 e. The average molecular weight is 343 g/mol. The monoisotopic (exact) mass is 343 g/mol. The van der Waals surface area contributed by atoms with Gasteiger partial charge in [-0.3, -0.25) is 9.59 Å². The summed E-state index contributed by atoms with van der Waals surface area (Å²) in [6.45, 7) is 2.54. The first-order chi connectivity index (χ1) is 11.9. The van der Waals surface area contributed by atoms with Gasteiger partial charge in [-0.05, 0) is 12.5 Å². The smallest absolute Gasteiger partial charge is 0.255 e. The summed E-state index contributed by atoms with van der Waals surface area (Å²) in [6.07, 6.45) is 2.36. The van der Waals surface area contributed by atoms with E-state index in [4.69, 9.17) is 11.5 Å². The van der Waals surface area contributed by atoms with Crippen LogP contribution in [0.2, 0.25) is 0 Å². The van der Waals surface area contributed by atoms with Crippen LogP contribution in [0.5, 0.6) is 0 Å². The predicted octanol–water partition coefficient (Wildman–Crippen LogP) is -0.308. The number of amides is 1. The summed E-state index contributed by atoms with van der Waals surface area (Å²) in [5.74, 6) is 1.04. The van der Waals surface area contributed by atoms with E-state index in [2.05, 4.69) is 9.97 Å². The number of pyridine rings is 1. The molecule has 1 aliphatic heterocycles. The van der Waals surface area contributed by atoms with Crippen molar-refractivity contribution in [2.45, 2.75) is 6.42 Å². The van der Waals surface area contributed by atoms with E-state index in [0.717, 1.165) is 13.0 Å². The number of rotatable bonds is 2. The number of hydrogen-bond donors (Lipinski definition) is 2. The molecule has 4 N–H and O–H groups in total. The van der Waals surface area contributed by atoms with Gasteiger partial charge in [0.05, 0.1) is 5.56 Å². The van der Waals surface area contributed by atoms with Crippen molar-refractivity contribution in [3.8, 4) is 0 Å². The highest BCUT2D eigenvalue weighted by Crippen LogP contribution is 2.18. The lowest BCUT2D eigenvalue weighted by Crippen LogP contribution is -2.36. The Balaban J connectivity index is 1.73. The molecule has 1 aliphatic rings. The van der Waals surface area contributed by atoms with E-state index in [1.165, 1.54) is 10.6 Å². The van der Waals surface area contributed by atoms with Crippen LogP contribution >= 0.6 is 0 Å². The molecule has 1 amide bonds. The Morgan fingerprint density at radius 2 is 1.92 bits per heavy atom. The van der Waals surface area contributed by atoms with E-state index < -0.39 is 0 Å². The van der Waals surface area contributed by atoms with E-state index >= 15 is 0 Å². The highest BCUT2D eigenvalue weighted by atomic mass is 16.2. The van der Waals surface area contributed by atoms with Crippen LogP contribution in [0, 0.1) is 0 Å². The molecule has 0 aliphatic carbocycles. The van der Waals surface area contributed by atoms with Gasteiger partial charge < -0.3 is 25.8 Å². The summed E-state index contributed by atoms with van der Waals surface area (Å²) >= 11 is 0. The molecule has 0 bridgehead atoms. The Labute approximate surface area is 144 Å². The molecule has 132 valence electrons. The first-order valence-electron chi connectivity index (χ1n) is 8.05. The zero-order valence-corrected chi connectivity index (χ0v) is 14.1. The second kappa shape index (κ2) is 6.80. The van der Waals surface area contributed by atoms with Crippen LogP contribution in [0.25, 0.3) is 0 Å². The highest BCUT2D eigenvalue weighted by Gasteiger charge is 2.21. The van der Waals surface area contributed by atoms with Gasteiger partial charge in [-0.15, -0.1) is 0 Å². The molecule has 0 spiro atoms. The highest BCUT2D eigenvalue weighted by molar-refractivity contribution is 5.94. The quantitative estimate of drug-likeness (QED) is 0.766. The van der Waals surface area contributed by atoms with Gasteiger partial charge in [0.15, 0.2) is 0 Å². The molecule has 0 radical (unpaired) electrons. The molecule has 0 saturated carbocycles. The largest absolute Gasteiger partial charge is 0.383 e. The lowest BCUT2D eigenvalue weighted by atomic mass is 10.2. The Morgan fingerprint density at radius 3 is 2.64 bits per heavy atom. The number of anilines is 3. The van der Waals surface area contributed by atoms with Gasteiger partial charge in [-0.25, -0.2) is 0 Å². The molecule has 9 heteroatoms. The van der Waals surface area contributed by atoms with E-state index in [9.17, 15) is 9.59 Å². The molecule has 0 atom stereocenters. The first kappa shape index (κ1) is 16.7. The van der Waals surface area contributed by atoms with Crippen molar-refractivity contribution in [1.29, 1.82) is 0 Å². The van der Waals surface area contributed by atoms with Crippen LogP contribution in [0.3, 0.4) is 0 Å². The summed E-state index contributed by atoms with van der Waals surface area (Å²) in [6, 6.07) is 4.66. The number of nitrogens with two attached hydrogens (primary N) is 2. The molecular formula is C16H21N7O2. The Kier molecular flexibility index (Phi) is 4.55. The van der Waals surface area contributed by atoms with Crippen molar-refractivity contribution >= 4 is 23.5 Å². The second-order valence-corrected chi connectivity index (χ2v) is 6.01. The third-order valence-electron chi connectivity index (χ3n) is 4.19. The molecule has 0 aromatic carbocycles. The van der Waals surface area contributed by atoms with Crippen molar-refractivity contribution in [2.75, 3.05) is 42.5 Å². The predicted molar refractivity (Wildman–Crippen MR) is 95.3 cm³/mol. The molecule has 9 nitrogen and oxygen atoms in total. The Hall–Kier alpha value is -3.10. The molecule has 1 fully saturated rings. The van der Waals surface area contributed by atoms with Crippen LogP contribution in [-0.4, -0.2) is 51.5 Å². The first-order valence-corrected chi connectivity index (χ1v) is 8.05. The minimum Gasteiger partial charge on any atom is -0.383 e. The van der Waals surface area contributed by atoms with Crippen LogP contribution in [0.1, 0.15) is 16.8 Å². The molecule has 3 rings (SSSR count). The lowest BCUT2D eigenvalue weighted by molar-refractivity contribution is 0.0766. The minimum atomic E-state index is -0.141. The SMILES string of the molecule is Cn1cc(C(=O)N2CCCN(c3cc(N)nc(N)n3)CC2)ccc1=O. The number of carbonyl (C=O) groups excluding carboxylic acids is 1. The fraction of sp³-hybridized carbons (Fsp3) is 0.375. The number of aromatic nitrogens is 3. The maximum absolute atomic E-state index is 12.7. The van der Waals surface area contributed by atoms with Crippen molar-refractivity contribution < 1.29 is 4.79 Å². The third kappa shape index (κ3) is 3.70. The second-order valence-electron chi connectivity index (χ2n) is 6.01. The summed E-state index contributed by atoms with van der Waals surface area (Å²) in [4.78, 5) is 36.1. The summed E-state index contributed by atoms with van der Waals surface area (Å²) in [7, 11) is 1.63. The molecule has 25 heavy (non-hydrogen) atoms. The zero-order chi connectivity index (χ0) is 18.0. The topological polar surface area (TPSA) is 123 Å². The van der Waals surface area contributed by atoms with Gasteiger partial charge in [0.25, 0.3) is 5.91 Å². The van der Waals surface area contributed by atoms with Crippen LogP contribution in [0.4, 0.5) is 17.6 Å². The fourth-order valence-electron chi connectivity index (χ4n) is 2.89. The Morgan fingerprint density at radius 1 is 1.12 bits per heavy atom. The number of nitrogens with zero attached hydrogens (tertiary/aromatic N) is 5. The number of carbonyl (C=O) groups is 1. The molecule has 3 heterocycles.